The van der Waals surface area contributed by atoms with Crippen LogP contribution in [0.1, 0.15) is 12.2 Å². The molecule has 1 fully saturated rings. The summed E-state index contributed by atoms with van der Waals surface area (Å²) in [6.07, 6.45) is 2.93. The van der Waals surface area contributed by atoms with Crippen LogP contribution in [0.2, 0.25) is 0 Å². The highest BCUT2D eigenvalue weighted by molar-refractivity contribution is 9.09. The highest BCUT2D eigenvalue weighted by Crippen LogP contribution is 2.11. The van der Waals surface area contributed by atoms with Crippen molar-refractivity contribution in [3.63, 3.8) is 0 Å². The zero-order chi connectivity index (χ0) is 12.1. The number of ether oxygens (including phenoxy) is 1. The Bertz CT molecular complexity index is 353. The quantitative estimate of drug-likeness (QED) is 0.797. The fraction of sp³-hybridized carbons (Fsp3) is 0.583. The molecule has 1 saturated heterocycles. The van der Waals surface area contributed by atoms with E-state index < -0.39 is 0 Å². The number of aryl methyl sites for hydroxylation is 1. The van der Waals surface area contributed by atoms with Gasteiger partial charge in [-0.2, -0.15) is 0 Å². The minimum atomic E-state index is 0.122. The first-order valence-corrected chi connectivity index (χ1v) is 6.89. The second kappa shape index (κ2) is 6.21. The average molecular weight is 302 g/mol. The van der Waals surface area contributed by atoms with Gasteiger partial charge in [0, 0.05) is 31.3 Å². The highest BCUT2D eigenvalue weighted by atomic mass is 79.9. The third-order valence-electron chi connectivity index (χ3n) is 2.83. The van der Waals surface area contributed by atoms with Crippen molar-refractivity contribution in [2.45, 2.75) is 18.9 Å². The monoisotopic (exact) mass is 301 g/mol. The highest BCUT2D eigenvalue weighted by Gasteiger charge is 2.23. The van der Waals surface area contributed by atoms with Crippen molar-refractivity contribution >= 4 is 21.8 Å². The zero-order valence-corrected chi connectivity index (χ0v) is 11.2. The normalized spacial score (nSPS) is 20.5. The molecule has 1 aliphatic heterocycles. The fourth-order valence-corrected chi connectivity index (χ4v) is 2.27. The Morgan fingerprint density at radius 3 is 3.18 bits per heavy atom. The molecule has 0 aromatic carbocycles. The van der Waals surface area contributed by atoms with Crippen molar-refractivity contribution < 1.29 is 13.9 Å². The van der Waals surface area contributed by atoms with Crippen molar-refractivity contribution in [2.75, 3.05) is 25.0 Å². The van der Waals surface area contributed by atoms with Gasteiger partial charge in [0.25, 0.3) is 0 Å². The number of halogens is 1. The lowest BCUT2D eigenvalue weighted by Crippen LogP contribution is -2.46. The van der Waals surface area contributed by atoms with Crippen LogP contribution in [0.25, 0.3) is 0 Å². The first-order valence-electron chi connectivity index (χ1n) is 5.77. The van der Waals surface area contributed by atoms with Crippen molar-refractivity contribution in [1.29, 1.82) is 0 Å². The molecule has 2 heterocycles. The second-order valence-electron chi connectivity index (χ2n) is 4.07. The molecule has 0 saturated carbocycles. The van der Waals surface area contributed by atoms with Gasteiger partial charge in [-0.05, 0) is 12.1 Å². The fourth-order valence-electron chi connectivity index (χ4n) is 1.88. The Kier molecular flexibility index (Phi) is 4.62. The molecule has 17 heavy (non-hydrogen) atoms. The predicted molar refractivity (Wildman–Crippen MR) is 67.1 cm³/mol. The molecule has 5 heteroatoms. The van der Waals surface area contributed by atoms with Crippen LogP contribution >= 0.6 is 15.9 Å². The third-order valence-corrected chi connectivity index (χ3v) is 3.55. The number of carbonyl (C=O) groups is 1. The largest absolute Gasteiger partial charge is 0.469 e. The lowest BCUT2D eigenvalue weighted by atomic mass is 10.2. The molecule has 1 aliphatic rings. The Hall–Kier alpha value is -0.810. The Balaban J connectivity index is 1.79. The van der Waals surface area contributed by atoms with Gasteiger partial charge in [0.2, 0.25) is 5.91 Å². The number of amides is 1. The van der Waals surface area contributed by atoms with E-state index in [1.807, 2.05) is 17.0 Å². The topological polar surface area (TPSA) is 42.7 Å². The van der Waals surface area contributed by atoms with Crippen LogP contribution in [0.3, 0.4) is 0 Å². The van der Waals surface area contributed by atoms with Crippen molar-refractivity contribution in [3.8, 4) is 0 Å². The molecule has 0 spiro atoms. The van der Waals surface area contributed by atoms with Crippen molar-refractivity contribution in [2.24, 2.45) is 0 Å². The Morgan fingerprint density at radius 2 is 2.47 bits per heavy atom. The van der Waals surface area contributed by atoms with Gasteiger partial charge >= 0.3 is 0 Å². The molecule has 1 unspecified atom stereocenters. The molecular formula is C12H16BrNO3. The minimum absolute atomic E-state index is 0.122. The van der Waals surface area contributed by atoms with Gasteiger partial charge in [0.1, 0.15) is 5.76 Å². The van der Waals surface area contributed by atoms with Crippen LogP contribution in [-0.4, -0.2) is 41.9 Å². The lowest BCUT2D eigenvalue weighted by Gasteiger charge is -2.32. The lowest BCUT2D eigenvalue weighted by molar-refractivity contribution is -0.137. The molecule has 0 bridgehead atoms. The molecule has 94 valence electrons. The van der Waals surface area contributed by atoms with Gasteiger partial charge in [-0.1, -0.05) is 15.9 Å². The van der Waals surface area contributed by atoms with Gasteiger partial charge in [0.15, 0.2) is 0 Å². The van der Waals surface area contributed by atoms with Gasteiger partial charge in [-0.15, -0.1) is 0 Å². The number of alkyl halides is 1. The Labute approximate surface area is 109 Å². The van der Waals surface area contributed by atoms with E-state index in [4.69, 9.17) is 9.15 Å². The number of nitrogens with zero attached hydrogens (tertiary/aromatic N) is 1. The molecule has 1 aromatic heterocycles. The summed E-state index contributed by atoms with van der Waals surface area (Å²) in [4.78, 5) is 13.8. The average Bonchev–Trinajstić information content (AvgIpc) is 2.89. The van der Waals surface area contributed by atoms with E-state index in [0.29, 0.717) is 32.5 Å². The number of morpholine rings is 1. The summed E-state index contributed by atoms with van der Waals surface area (Å²) >= 11 is 3.38. The van der Waals surface area contributed by atoms with E-state index in [0.717, 1.165) is 11.1 Å². The molecule has 1 atom stereocenters. The maximum Gasteiger partial charge on any atom is 0.223 e. The zero-order valence-electron chi connectivity index (χ0n) is 9.60. The molecule has 0 radical (unpaired) electrons. The standard InChI is InChI=1S/C12H16BrNO3/c13-8-11-9-14(5-7-17-11)12(15)4-3-10-2-1-6-16-10/h1-2,6,11H,3-5,7-9H2. The van der Waals surface area contributed by atoms with E-state index in [9.17, 15) is 4.79 Å². The van der Waals surface area contributed by atoms with Crippen molar-refractivity contribution in [1.82, 2.24) is 4.90 Å². The number of hydrogen-bond acceptors (Lipinski definition) is 3. The van der Waals surface area contributed by atoms with E-state index in [2.05, 4.69) is 15.9 Å². The summed E-state index contributed by atoms with van der Waals surface area (Å²) in [5.41, 5.74) is 0. The van der Waals surface area contributed by atoms with Crippen molar-refractivity contribution in [3.05, 3.63) is 24.2 Å². The van der Waals surface area contributed by atoms with Gasteiger partial charge < -0.3 is 14.1 Å². The third kappa shape index (κ3) is 3.57. The summed E-state index contributed by atoms with van der Waals surface area (Å²) in [7, 11) is 0. The molecule has 4 nitrogen and oxygen atoms in total. The number of hydrogen-bond donors (Lipinski definition) is 0. The summed E-state index contributed by atoms with van der Waals surface area (Å²) in [5.74, 6) is 1.04. The minimum Gasteiger partial charge on any atom is -0.469 e. The van der Waals surface area contributed by atoms with Crippen LogP contribution in [0, 0.1) is 0 Å². The first kappa shape index (κ1) is 12.6. The summed E-state index contributed by atoms with van der Waals surface area (Å²) in [5, 5.41) is 0.773. The summed E-state index contributed by atoms with van der Waals surface area (Å²) in [6, 6.07) is 3.74. The smallest absolute Gasteiger partial charge is 0.223 e. The maximum absolute atomic E-state index is 12.0. The van der Waals surface area contributed by atoms with Crippen LogP contribution in [-0.2, 0) is 16.0 Å². The SMILES string of the molecule is O=C(CCc1ccco1)N1CCOC(CBr)C1. The summed E-state index contributed by atoms with van der Waals surface area (Å²) < 4.78 is 10.7. The van der Waals surface area contributed by atoms with Crippen LogP contribution < -0.4 is 0 Å². The molecule has 1 aromatic rings. The molecule has 0 N–H and O–H groups in total. The van der Waals surface area contributed by atoms with Crippen LogP contribution in [0.15, 0.2) is 22.8 Å². The van der Waals surface area contributed by atoms with E-state index in [1.165, 1.54) is 0 Å². The second-order valence-corrected chi connectivity index (χ2v) is 4.71. The number of carbonyl (C=O) groups excluding carboxylic acids is 1. The maximum atomic E-state index is 12.0. The Morgan fingerprint density at radius 1 is 1.59 bits per heavy atom. The van der Waals surface area contributed by atoms with Gasteiger partial charge in [-0.3, -0.25) is 4.79 Å². The van der Waals surface area contributed by atoms with Gasteiger partial charge in [0.05, 0.1) is 19.0 Å². The van der Waals surface area contributed by atoms with Crippen LogP contribution in [0.5, 0.6) is 0 Å². The van der Waals surface area contributed by atoms with E-state index >= 15 is 0 Å². The molecule has 2 rings (SSSR count). The molecule has 0 aliphatic carbocycles. The number of rotatable bonds is 4. The van der Waals surface area contributed by atoms with E-state index in [-0.39, 0.29) is 12.0 Å². The number of furan rings is 1. The van der Waals surface area contributed by atoms with E-state index in [1.54, 1.807) is 6.26 Å². The van der Waals surface area contributed by atoms with Gasteiger partial charge in [-0.25, -0.2) is 0 Å². The predicted octanol–water partition coefficient (Wildman–Crippen LogP) is 1.83. The first-order chi connectivity index (χ1) is 8.29. The molecule has 1 amide bonds. The van der Waals surface area contributed by atoms with Crippen LogP contribution in [0.4, 0.5) is 0 Å². The summed E-state index contributed by atoms with van der Waals surface area (Å²) in [6.45, 7) is 2.01. The molecular weight excluding hydrogens is 286 g/mol.